The second kappa shape index (κ2) is 17.9. The molecule has 4 rings (SSSR count). The molecule has 1 unspecified atom stereocenters. The predicted molar refractivity (Wildman–Crippen MR) is 181 cm³/mol. The van der Waals surface area contributed by atoms with Crippen LogP contribution in [0.1, 0.15) is 0 Å². The number of hydrogen-bond donors (Lipinski definition) is 2. The molecule has 0 aliphatic rings. The van der Waals surface area contributed by atoms with Crippen LogP contribution in [0.2, 0.25) is 0 Å². The molecule has 0 heterocycles. The smallest absolute Gasteiger partial charge is 0.261 e. The molecular weight excluding hydrogens is 676 g/mol. The van der Waals surface area contributed by atoms with Gasteiger partial charge in [0.2, 0.25) is 0 Å². The van der Waals surface area contributed by atoms with Crippen LogP contribution in [0, 0.1) is 6.07 Å². The summed E-state index contributed by atoms with van der Waals surface area (Å²) in [6.07, 6.45) is 0.715. The molecular formula is C32H41N3O5PPdS-. The summed E-state index contributed by atoms with van der Waals surface area (Å²) in [5.74, 6) is 1.65. The van der Waals surface area contributed by atoms with E-state index in [9.17, 15) is 8.42 Å². The first-order valence-corrected chi connectivity index (χ1v) is 15.4. The molecule has 0 aromatic heterocycles. The van der Waals surface area contributed by atoms with Crippen LogP contribution in [-0.4, -0.2) is 68.7 Å². The Labute approximate surface area is 273 Å². The number of rotatable bonds is 7. The van der Waals surface area contributed by atoms with Crippen LogP contribution >= 0.6 is 9.24 Å². The minimum absolute atomic E-state index is 0. The van der Waals surface area contributed by atoms with Crippen molar-refractivity contribution in [2.45, 2.75) is 0 Å². The van der Waals surface area contributed by atoms with Crippen molar-refractivity contribution in [1.82, 2.24) is 0 Å². The first-order chi connectivity index (χ1) is 19.8. The molecule has 8 nitrogen and oxygen atoms in total. The first-order valence-electron chi connectivity index (χ1n) is 13.0. The van der Waals surface area contributed by atoms with Crippen LogP contribution in [0.4, 0.5) is 17.1 Å². The largest absolute Gasteiger partial charge is 0.496 e. The zero-order valence-electron chi connectivity index (χ0n) is 25.8. The van der Waals surface area contributed by atoms with Crippen molar-refractivity contribution in [2.24, 2.45) is 0 Å². The van der Waals surface area contributed by atoms with Crippen LogP contribution < -0.4 is 29.9 Å². The van der Waals surface area contributed by atoms with Gasteiger partial charge in [0.1, 0.15) is 11.5 Å². The van der Waals surface area contributed by atoms with Gasteiger partial charge in [0.15, 0.2) is 0 Å². The molecule has 0 saturated carbocycles. The number of hydrogen-bond acceptors (Lipinski definition) is 7. The van der Waals surface area contributed by atoms with Crippen LogP contribution in [-0.2, 0) is 30.5 Å². The monoisotopic (exact) mass is 716 g/mol. The topological polar surface area (TPSA) is 91.3 Å². The van der Waals surface area contributed by atoms with E-state index in [0.717, 1.165) is 50.6 Å². The molecule has 236 valence electrons. The molecule has 0 radical (unpaired) electrons. The van der Waals surface area contributed by atoms with Gasteiger partial charge in [-0.25, -0.2) is 0 Å². The second-order valence-corrected chi connectivity index (χ2v) is 11.6. The van der Waals surface area contributed by atoms with Crippen molar-refractivity contribution in [3.63, 3.8) is 0 Å². The summed E-state index contributed by atoms with van der Waals surface area (Å²) in [6, 6.07) is 29.6. The van der Waals surface area contributed by atoms with E-state index in [2.05, 4.69) is 66.8 Å². The Kier molecular flexibility index (Phi) is 15.8. The predicted octanol–water partition coefficient (Wildman–Crippen LogP) is 5.70. The fourth-order valence-corrected chi connectivity index (χ4v) is 4.71. The molecule has 0 aliphatic carbocycles. The van der Waals surface area contributed by atoms with Crippen LogP contribution in [0.3, 0.4) is 0 Å². The van der Waals surface area contributed by atoms with E-state index in [4.69, 9.17) is 14.0 Å². The Bertz CT molecular complexity index is 1520. The fraction of sp³-hybridized carbons (Fsp3) is 0.250. The van der Waals surface area contributed by atoms with Gasteiger partial charge in [-0.2, -0.15) is 8.42 Å². The summed E-state index contributed by atoms with van der Waals surface area (Å²) in [4.78, 5) is 4.23. The van der Waals surface area contributed by atoms with Crippen molar-refractivity contribution in [1.29, 1.82) is 0 Å². The van der Waals surface area contributed by atoms with Gasteiger partial charge in [-0.1, -0.05) is 29.8 Å². The molecule has 0 saturated heterocycles. The molecule has 4 aromatic rings. The van der Waals surface area contributed by atoms with Gasteiger partial charge in [-0.15, -0.1) is 45.1 Å². The van der Waals surface area contributed by atoms with Crippen LogP contribution in [0.25, 0.3) is 22.3 Å². The van der Waals surface area contributed by atoms with E-state index in [-0.39, 0.29) is 20.4 Å². The molecule has 43 heavy (non-hydrogen) atoms. The molecule has 0 amide bonds. The van der Waals surface area contributed by atoms with E-state index in [1.807, 2.05) is 77.7 Å². The molecule has 1 atom stereocenters. The SMILES string of the molecule is CNc1ccccc1-c1[c-]cccc1.COc1ccc(OC)c(-c2c(N(C)C)cccc2N(C)C)c1P.CS(=O)(=O)O.[Pd]. The molecule has 0 fully saturated rings. The van der Waals surface area contributed by atoms with Gasteiger partial charge >= 0.3 is 0 Å². The summed E-state index contributed by atoms with van der Waals surface area (Å²) in [5.41, 5.74) is 7.87. The van der Waals surface area contributed by atoms with Gasteiger partial charge < -0.3 is 24.6 Å². The minimum Gasteiger partial charge on any atom is -0.496 e. The number of methoxy groups -OCH3 is 2. The maximum atomic E-state index is 9.19. The number of benzene rings is 4. The summed E-state index contributed by atoms with van der Waals surface area (Å²) < 4.78 is 37.0. The van der Waals surface area contributed by atoms with Crippen molar-refractivity contribution in [3.8, 4) is 33.8 Å². The summed E-state index contributed by atoms with van der Waals surface area (Å²) in [6.45, 7) is 0. The maximum absolute atomic E-state index is 9.19. The quantitative estimate of drug-likeness (QED) is 0.109. The zero-order valence-corrected chi connectivity index (χ0v) is 29.3. The maximum Gasteiger partial charge on any atom is 0.261 e. The Hall–Kier alpha value is -3.12. The summed E-state index contributed by atoms with van der Waals surface area (Å²) >= 11 is 0. The van der Waals surface area contributed by atoms with E-state index in [0.29, 0.717) is 6.26 Å². The van der Waals surface area contributed by atoms with Crippen molar-refractivity contribution in [3.05, 3.63) is 84.9 Å². The Morgan fingerprint density at radius 3 is 1.77 bits per heavy atom. The number of nitrogens with zero attached hydrogens (tertiary/aromatic N) is 2. The number of para-hydroxylation sites is 1. The summed E-state index contributed by atoms with van der Waals surface area (Å²) in [7, 11) is 12.6. The van der Waals surface area contributed by atoms with E-state index in [1.165, 1.54) is 5.56 Å². The van der Waals surface area contributed by atoms with E-state index in [1.54, 1.807) is 14.2 Å². The Morgan fingerprint density at radius 2 is 1.30 bits per heavy atom. The molecule has 4 aromatic carbocycles. The van der Waals surface area contributed by atoms with Gasteiger partial charge in [0.05, 0.1) is 20.5 Å². The van der Waals surface area contributed by atoms with Crippen molar-refractivity contribution in [2.75, 3.05) is 70.8 Å². The molecule has 2 N–H and O–H groups in total. The van der Waals surface area contributed by atoms with Crippen molar-refractivity contribution < 1.29 is 42.9 Å². The van der Waals surface area contributed by atoms with Gasteiger partial charge in [0.25, 0.3) is 10.1 Å². The summed E-state index contributed by atoms with van der Waals surface area (Å²) in [5, 5.41) is 4.16. The fourth-order valence-electron chi connectivity index (χ4n) is 4.21. The van der Waals surface area contributed by atoms with Gasteiger partial charge in [-0.05, 0) is 36.0 Å². The molecule has 0 bridgehead atoms. The van der Waals surface area contributed by atoms with Crippen LogP contribution in [0.5, 0.6) is 11.5 Å². The van der Waals surface area contributed by atoms with Crippen LogP contribution in [0.15, 0.2) is 78.9 Å². The average molecular weight is 717 g/mol. The van der Waals surface area contributed by atoms with E-state index < -0.39 is 10.1 Å². The molecule has 0 spiro atoms. The second-order valence-electron chi connectivity index (χ2n) is 9.52. The third-order valence-corrected chi connectivity index (χ3v) is 6.61. The minimum atomic E-state index is -3.67. The third kappa shape index (κ3) is 11.1. The van der Waals surface area contributed by atoms with Gasteiger partial charge in [0, 0.05) is 83.5 Å². The number of nitrogens with one attached hydrogen (secondary N) is 1. The standard InChI is InChI=1S/C18H25N2O2P.C13H12N.CH4O3S.Pd/c1-19(2)12-8-7-9-13(20(3)4)16(12)17-14(21-5)10-11-15(22-6)18(17)23;1-14-13-10-6-5-9-12(13)11-7-3-2-4-8-11;1-5(2,3)4;/h7-11H,23H2,1-6H3;2-7,9-10,14H,1H3;1H3,(H,2,3,4);/q;-1;;. The third-order valence-electron chi connectivity index (χ3n) is 6.04. The van der Waals surface area contributed by atoms with E-state index >= 15 is 0 Å². The molecule has 11 heteroatoms. The first kappa shape index (κ1) is 37.9. The molecule has 0 aliphatic heterocycles. The average Bonchev–Trinajstić information content (AvgIpc) is 2.96. The normalized spacial score (nSPS) is 10.1. The number of anilines is 3. The van der Waals surface area contributed by atoms with Gasteiger partial charge in [-0.3, -0.25) is 4.55 Å². The Balaban J connectivity index is 0.000000392. The zero-order chi connectivity index (χ0) is 31.4. The Morgan fingerprint density at radius 1 is 0.791 bits per heavy atom. The number of ether oxygens (including phenoxy) is 2. The van der Waals surface area contributed by atoms with Crippen molar-refractivity contribution >= 4 is 41.7 Å².